The van der Waals surface area contributed by atoms with Crippen molar-refractivity contribution in [2.24, 2.45) is 0 Å². The average Bonchev–Trinajstić information content (AvgIpc) is 3.34. The van der Waals surface area contributed by atoms with E-state index in [9.17, 15) is 9.59 Å². The van der Waals surface area contributed by atoms with Gasteiger partial charge in [0, 0.05) is 0 Å². The summed E-state index contributed by atoms with van der Waals surface area (Å²) in [6, 6.07) is 5.29. The second-order valence-electron chi connectivity index (χ2n) is 5.75. The van der Waals surface area contributed by atoms with Crippen LogP contribution in [0.3, 0.4) is 0 Å². The van der Waals surface area contributed by atoms with Crippen molar-refractivity contribution in [3.8, 4) is 11.5 Å². The summed E-state index contributed by atoms with van der Waals surface area (Å²) in [6.07, 6.45) is 0.145. The van der Waals surface area contributed by atoms with Crippen molar-refractivity contribution in [3.05, 3.63) is 28.8 Å². The number of carbonyl (C=O) groups is 2. The van der Waals surface area contributed by atoms with E-state index in [2.05, 4.69) is 31.0 Å². The maximum absolute atomic E-state index is 12.3. The molecule has 0 saturated carbocycles. The molecule has 0 fully saturated rings. The van der Waals surface area contributed by atoms with E-state index in [1.54, 1.807) is 25.3 Å². The standard InChI is InChI=1S/C17H18N6O4S3/c1-9-20-21-15(29-9)19-14(25)8-28-17-23-22-16(30-17)18-13(24)7-10-4-5-11(26-2)12(6-10)27-3/h4-6H,7-8H2,1-3H3,(H,18,22,24)(H,19,21,25). The third-order valence-electron chi connectivity index (χ3n) is 3.56. The number of hydrogen-bond acceptors (Lipinski definition) is 11. The zero-order chi connectivity index (χ0) is 21.5. The molecule has 30 heavy (non-hydrogen) atoms. The molecule has 10 nitrogen and oxygen atoms in total. The Morgan fingerprint density at radius 1 is 0.967 bits per heavy atom. The number of amides is 2. The second-order valence-corrected chi connectivity index (χ2v) is 9.13. The lowest BCUT2D eigenvalue weighted by molar-refractivity contribution is -0.115. The predicted molar refractivity (Wildman–Crippen MR) is 116 cm³/mol. The highest BCUT2D eigenvalue weighted by Gasteiger charge is 2.13. The van der Waals surface area contributed by atoms with Crippen LogP contribution in [0, 0.1) is 6.92 Å². The maximum Gasteiger partial charge on any atom is 0.236 e. The van der Waals surface area contributed by atoms with Gasteiger partial charge < -0.3 is 14.8 Å². The minimum Gasteiger partial charge on any atom is -0.493 e. The number of anilines is 2. The first kappa shape index (κ1) is 21.9. The molecule has 0 aliphatic carbocycles. The summed E-state index contributed by atoms with van der Waals surface area (Å²) in [5, 5.41) is 22.6. The molecule has 0 saturated heterocycles. The van der Waals surface area contributed by atoms with Crippen LogP contribution in [-0.4, -0.2) is 52.2 Å². The highest BCUT2D eigenvalue weighted by molar-refractivity contribution is 8.01. The van der Waals surface area contributed by atoms with Crippen molar-refractivity contribution in [3.63, 3.8) is 0 Å². The molecule has 2 aromatic heterocycles. The number of thioether (sulfide) groups is 1. The lowest BCUT2D eigenvalue weighted by atomic mass is 10.1. The number of methoxy groups -OCH3 is 2. The largest absolute Gasteiger partial charge is 0.493 e. The van der Waals surface area contributed by atoms with E-state index >= 15 is 0 Å². The van der Waals surface area contributed by atoms with Gasteiger partial charge in [-0.3, -0.25) is 14.9 Å². The molecule has 13 heteroatoms. The quantitative estimate of drug-likeness (QED) is 0.361. The van der Waals surface area contributed by atoms with Crippen molar-refractivity contribution < 1.29 is 19.1 Å². The molecule has 2 heterocycles. The lowest BCUT2D eigenvalue weighted by Crippen LogP contribution is -2.14. The normalized spacial score (nSPS) is 10.5. The fourth-order valence-electron chi connectivity index (χ4n) is 2.29. The summed E-state index contributed by atoms with van der Waals surface area (Å²) in [5.41, 5.74) is 0.771. The minimum atomic E-state index is -0.237. The topological polar surface area (TPSA) is 128 Å². The Labute approximate surface area is 184 Å². The molecule has 2 N–H and O–H groups in total. The zero-order valence-corrected chi connectivity index (χ0v) is 18.7. The Morgan fingerprint density at radius 2 is 1.67 bits per heavy atom. The number of carbonyl (C=O) groups excluding carboxylic acids is 2. The second kappa shape index (κ2) is 10.3. The number of aromatic nitrogens is 4. The third-order valence-corrected chi connectivity index (χ3v) is 6.29. The highest BCUT2D eigenvalue weighted by Crippen LogP contribution is 2.28. The Bertz CT molecular complexity index is 1040. The first-order valence-electron chi connectivity index (χ1n) is 8.54. The van der Waals surface area contributed by atoms with Crippen molar-refractivity contribution in [1.29, 1.82) is 0 Å². The van der Waals surface area contributed by atoms with Crippen LogP contribution in [0.25, 0.3) is 0 Å². The van der Waals surface area contributed by atoms with E-state index < -0.39 is 0 Å². The molecule has 0 atom stereocenters. The molecule has 0 unspecified atom stereocenters. The molecule has 0 radical (unpaired) electrons. The molecule has 0 aliphatic rings. The molecule has 1 aromatic carbocycles. The number of hydrogen-bond donors (Lipinski definition) is 2. The van der Waals surface area contributed by atoms with Gasteiger partial charge in [0.05, 0.1) is 26.4 Å². The van der Waals surface area contributed by atoms with Gasteiger partial charge >= 0.3 is 0 Å². The molecule has 2 amide bonds. The van der Waals surface area contributed by atoms with Gasteiger partial charge in [-0.25, -0.2) is 0 Å². The van der Waals surface area contributed by atoms with E-state index in [-0.39, 0.29) is 24.0 Å². The van der Waals surface area contributed by atoms with Crippen LogP contribution >= 0.6 is 34.4 Å². The summed E-state index contributed by atoms with van der Waals surface area (Å²) in [4.78, 5) is 24.2. The number of benzene rings is 1. The highest BCUT2D eigenvalue weighted by atomic mass is 32.2. The molecule has 0 aliphatic heterocycles. The van der Waals surface area contributed by atoms with E-state index in [0.717, 1.165) is 10.6 Å². The van der Waals surface area contributed by atoms with Crippen LogP contribution in [-0.2, 0) is 16.0 Å². The van der Waals surface area contributed by atoms with E-state index in [1.165, 1.54) is 41.5 Å². The fourth-order valence-corrected chi connectivity index (χ4v) is 4.46. The molecule has 3 rings (SSSR count). The summed E-state index contributed by atoms with van der Waals surface area (Å²) < 4.78 is 11.0. The smallest absolute Gasteiger partial charge is 0.236 e. The summed E-state index contributed by atoms with van der Waals surface area (Å²) in [5.74, 6) is 0.842. The van der Waals surface area contributed by atoms with E-state index in [1.807, 2.05) is 6.92 Å². The Balaban J connectivity index is 1.48. The summed E-state index contributed by atoms with van der Waals surface area (Å²) >= 11 is 3.72. The first-order chi connectivity index (χ1) is 14.5. The Kier molecular flexibility index (Phi) is 7.54. The molecule has 0 spiro atoms. The molecule has 0 bridgehead atoms. The number of nitrogens with one attached hydrogen (secondary N) is 2. The first-order valence-corrected chi connectivity index (χ1v) is 11.2. The van der Waals surface area contributed by atoms with Gasteiger partial charge in [-0.05, 0) is 24.6 Å². The van der Waals surface area contributed by atoms with Crippen LogP contribution < -0.4 is 20.1 Å². The van der Waals surface area contributed by atoms with Crippen molar-refractivity contribution in [2.45, 2.75) is 17.7 Å². The van der Waals surface area contributed by atoms with Crippen molar-refractivity contribution in [1.82, 2.24) is 20.4 Å². The fraction of sp³-hybridized carbons (Fsp3) is 0.294. The minimum absolute atomic E-state index is 0.145. The van der Waals surface area contributed by atoms with E-state index in [4.69, 9.17) is 9.47 Å². The van der Waals surface area contributed by atoms with Gasteiger partial charge in [-0.15, -0.1) is 20.4 Å². The molecular formula is C17H18N6O4S3. The van der Waals surface area contributed by atoms with Crippen LogP contribution in [0.2, 0.25) is 0 Å². The Morgan fingerprint density at radius 3 is 2.37 bits per heavy atom. The number of nitrogens with zero attached hydrogens (tertiary/aromatic N) is 4. The third kappa shape index (κ3) is 6.11. The van der Waals surface area contributed by atoms with E-state index in [0.29, 0.717) is 26.1 Å². The van der Waals surface area contributed by atoms with Crippen LogP contribution in [0.1, 0.15) is 10.6 Å². The van der Waals surface area contributed by atoms with Crippen LogP contribution in [0.4, 0.5) is 10.3 Å². The van der Waals surface area contributed by atoms with Gasteiger partial charge in [-0.1, -0.05) is 40.5 Å². The van der Waals surface area contributed by atoms with Gasteiger partial charge in [0.2, 0.25) is 22.1 Å². The van der Waals surface area contributed by atoms with Gasteiger partial charge in [0.25, 0.3) is 0 Å². The lowest BCUT2D eigenvalue weighted by Gasteiger charge is -2.09. The molecular weight excluding hydrogens is 448 g/mol. The SMILES string of the molecule is COc1ccc(CC(=O)Nc2nnc(SCC(=O)Nc3nnc(C)s3)s2)cc1OC. The number of aryl methyl sites for hydroxylation is 1. The van der Waals surface area contributed by atoms with Crippen LogP contribution in [0.15, 0.2) is 22.5 Å². The van der Waals surface area contributed by atoms with Crippen molar-refractivity contribution >= 4 is 56.5 Å². The zero-order valence-electron chi connectivity index (χ0n) is 16.3. The van der Waals surface area contributed by atoms with Gasteiger partial charge in [-0.2, -0.15) is 0 Å². The van der Waals surface area contributed by atoms with Gasteiger partial charge in [0.1, 0.15) is 5.01 Å². The maximum atomic E-state index is 12.3. The predicted octanol–water partition coefficient (Wildman–Crippen LogP) is 2.63. The summed E-state index contributed by atoms with van der Waals surface area (Å²) in [6.45, 7) is 1.81. The molecule has 3 aromatic rings. The monoisotopic (exact) mass is 466 g/mol. The van der Waals surface area contributed by atoms with Crippen LogP contribution in [0.5, 0.6) is 11.5 Å². The number of ether oxygens (including phenoxy) is 2. The Hall–Kier alpha value is -2.77. The summed E-state index contributed by atoms with van der Waals surface area (Å²) in [7, 11) is 3.09. The van der Waals surface area contributed by atoms with Gasteiger partial charge in [0.15, 0.2) is 15.8 Å². The molecule has 158 valence electrons. The number of rotatable bonds is 9. The average molecular weight is 467 g/mol. The van der Waals surface area contributed by atoms with Crippen molar-refractivity contribution in [2.75, 3.05) is 30.6 Å².